The van der Waals surface area contributed by atoms with Crippen LogP contribution in [0.1, 0.15) is 16.5 Å². The lowest BCUT2D eigenvalue weighted by atomic mass is 10.0. The summed E-state index contributed by atoms with van der Waals surface area (Å²) in [6, 6.07) is 10.6. The van der Waals surface area contributed by atoms with Crippen LogP contribution in [-0.2, 0) is 7.05 Å². The smallest absolute Gasteiger partial charge is 0.408 e. The molecule has 0 amide bonds. The molecule has 3 aromatic rings. The maximum Gasteiger partial charge on any atom is 0.419 e. The third kappa shape index (κ3) is 2.57. The van der Waals surface area contributed by atoms with Crippen LogP contribution in [0.5, 0.6) is 0 Å². The van der Waals surface area contributed by atoms with Gasteiger partial charge in [-0.15, -0.1) is 11.6 Å². The topological polar surface area (TPSA) is 35.1 Å². The maximum atomic E-state index is 11.5. The van der Waals surface area contributed by atoms with E-state index in [0.717, 1.165) is 16.6 Å². The van der Waals surface area contributed by atoms with E-state index in [1.165, 1.54) is 4.57 Å². The van der Waals surface area contributed by atoms with Gasteiger partial charge in [-0.25, -0.2) is 4.79 Å². The molecule has 108 valence electrons. The Morgan fingerprint density at radius 2 is 1.90 bits per heavy atom. The monoisotopic (exact) mass is 341 g/mol. The average Bonchev–Trinajstić information content (AvgIpc) is 2.73. The highest BCUT2D eigenvalue weighted by atomic mass is 35.5. The Bertz CT molecular complexity index is 882. The second-order valence-corrected chi connectivity index (χ2v) is 5.96. The average molecular weight is 343 g/mol. The van der Waals surface area contributed by atoms with Gasteiger partial charge in [0.2, 0.25) is 0 Å². The summed E-state index contributed by atoms with van der Waals surface area (Å²) in [7, 11) is 1.65. The molecule has 1 aromatic heterocycles. The highest BCUT2D eigenvalue weighted by molar-refractivity contribution is 6.36. The number of hydrogen-bond donors (Lipinski definition) is 0. The molecule has 3 rings (SSSR count). The minimum Gasteiger partial charge on any atom is -0.408 e. The first kappa shape index (κ1) is 14.5. The zero-order valence-electron chi connectivity index (χ0n) is 10.9. The van der Waals surface area contributed by atoms with Crippen LogP contribution in [0, 0.1) is 0 Å². The van der Waals surface area contributed by atoms with Crippen molar-refractivity contribution in [1.82, 2.24) is 4.57 Å². The number of benzene rings is 2. The Balaban J connectivity index is 2.09. The molecule has 1 atom stereocenters. The van der Waals surface area contributed by atoms with Gasteiger partial charge in [0.05, 0.1) is 10.9 Å². The van der Waals surface area contributed by atoms with E-state index in [4.69, 9.17) is 39.2 Å². The molecule has 0 radical (unpaired) electrons. The fourth-order valence-corrected chi connectivity index (χ4v) is 3.09. The van der Waals surface area contributed by atoms with Crippen molar-refractivity contribution in [1.29, 1.82) is 0 Å². The summed E-state index contributed by atoms with van der Waals surface area (Å²) >= 11 is 18.5. The predicted molar refractivity (Wildman–Crippen MR) is 85.6 cm³/mol. The van der Waals surface area contributed by atoms with Gasteiger partial charge in [-0.2, -0.15) is 0 Å². The molecule has 0 spiro atoms. The Hall–Kier alpha value is -1.42. The molecule has 1 unspecified atom stereocenters. The fourth-order valence-electron chi connectivity index (χ4n) is 2.19. The molecule has 0 bridgehead atoms. The van der Waals surface area contributed by atoms with E-state index in [9.17, 15) is 4.79 Å². The van der Waals surface area contributed by atoms with Crippen molar-refractivity contribution < 1.29 is 4.42 Å². The lowest BCUT2D eigenvalue weighted by molar-refractivity contribution is 0.528. The van der Waals surface area contributed by atoms with Gasteiger partial charge < -0.3 is 4.42 Å². The van der Waals surface area contributed by atoms with Crippen molar-refractivity contribution >= 4 is 45.9 Å². The van der Waals surface area contributed by atoms with Crippen molar-refractivity contribution in [2.75, 3.05) is 0 Å². The Labute approximate surface area is 135 Å². The van der Waals surface area contributed by atoms with Crippen molar-refractivity contribution in [3.63, 3.8) is 0 Å². The number of aromatic nitrogens is 1. The van der Waals surface area contributed by atoms with E-state index < -0.39 is 11.1 Å². The molecule has 0 saturated carbocycles. The summed E-state index contributed by atoms with van der Waals surface area (Å²) in [6.45, 7) is 0. The summed E-state index contributed by atoms with van der Waals surface area (Å²) in [5.74, 6) is -0.405. The molecule has 1 heterocycles. The van der Waals surface area contributed by atoms with Gasteiger partial charge in [-0.3, -0.25) is 4.57 Å². The van der Waals surface area contributed by atoms with Crippen molar-refractivity contribution in [3.05, 3.63) is 68.1 Å². The standard InChI is InChI=1S/C15H10Cl3NO2/c1-19-12-5-2-8(6-13(12)21-15(19)20)14(18)10-4-3-9(16)7-11(10)17/h2-7,14H,1H3. The van der Waals surface area contributed by atoms with E-state index in [1.54, 1.807) is 37.4 Å². The van der Waals surface area contributed by atoms with Gasteiger partial charge in [0.1, 0.15) is 0 Å². The number of halogens is 3. The second kappa shape index (κ2) is 5.41. The van der Waals surface area contributed by atoms with Crippen LogP contribution < -0.4 is 5.76 Å². The molecule has 0 aliphatic heterocycles. The van der Waals surface area contributed by atoms with Crippen LogP contribution in [0.2, 0.25) is 10.0 Å². The Morgan fingerprint density at radius 3 is 2.62 bits per heavy atom. The van der Waals surface area contributed by atoms with E-state index in [1.807, 2.05) is 6.07 Å². The molecule has 6 heteroatoms. The first-order valence-electron chi connectivity index (χ1n) is 6.16. The van der Waals surface area contributed by atoms with E-state index in [2.05, 4.69) is 0 Å². The van der Waals surface area contributed by atoms with Crippen molar-refractivity contribution in [2.45, 2.75) is 5.38 Å². The van der Waals surface area contributed by atoms with Crippen molar-refractivity contribution in [2.24, 2.45) is 7.05 Å². The first-order chi connectivity index (χ1) is 9.97. The van der Waals surface area contributed by atoms with Crippen LogP contribution in [0.4, 0.5) is 0 Å². The molecule has 2 aromatic carbocycles. The van der Waals surface area contributed by atoms with Crippen molar-refractivity contribution in [3.8, 4) is 0 Å². The number of nitrogens with zero attached hydrogens (tertiary/aromatic N) is 1. The number of alkyl halides is 1. The summed E-state index contributed by atoms with van der Waals surface area (Å²) in [5, 5.41) is 0.596. The lowest BCUT2D eigenvalue weighted by Crippen LogP contribution is -2.08. The summed E-state index contributed by atoms with van der Waals surface area (Å²) in [6.07, 6.45) is 0. The van der Waals surface area contributed by atoms with Gasteiger partial charge >= 0.3 is 5.76 Å². The van der Waals surface area contributed by atoms with E-state index in [-0.39, 0.29) is 0 Å². The molecule has 21 heavy (non-hydrogen) atoms. The van der Waals surface area contributed by atoms with Gasteiger partial charge in [-0.1, -0.05) is 35.3 Å². The molecule has 0 saturated heterocycles. The van der Waals surface area contributed by atoms with Gasteiger partial charge in [0, 0.05) is 17.1 Å². The van der Waals surface area contributed by atoms with Crippen LogP contribution in [0.3, 0.4) is 0 Å². The predicted octanol–water partition coefficient (Wildman–Crippen LogP) is 4.77. The van der Waals surface area contributed by atoms with Gasteiger partial charge in [0.25, 0.3) is 0 Å². The van der Waals surface area contributed by atoms with E-state index in [0.29, 0.717) is 15.6 Å². The molecule has 0 N–H and O–H groups in total. The maximum absolute atomic E-state index is 11.5. The van der Waals surface area contributed by atoms with Gasteiger partial charge in [0.15, 0.2) is 5.58 Å². The molecule has 0 fully saturated rings. The highest BCUT2D eigenvalue weighted by Gasteiger charge is 2.16. The third-order valence-corrected chi connectivity index (χ3v) is 4.39. The quantitative estimate of drug-likeness (QED) is 0.629. The number of oxazole rings is 1. The normalized spacial score (nSPS) is 12.8. The largest absolute Gasteiger partial charge is 0.419 e. The van der Waals surface area contributed by atoms with Gasteiger partial charge in [-0.05, 0) is 35.4 Å². The fraction of sp³-hybridized carbons (Fsp3) is 0.133. The minimum absolute atomic E-state index is 0.405. The number of aryl methyl sites for hydroxylation is 1. The summed E-state index contributed by atoms with van der Waals surface area (Å²) < 4.78 is 6.61. The number of fused-ring (bicyclic) bond motifs is 1. The summed E-state index contributed by atoms with van der Waals surface area (Å²) in [4.78, 5) is 11.5. The second-order valence-electron chi connectivity index (χ2n) is 4.68. The Morgan fingerprint density at radius 1 is 1.14 bits per heavy atom. The van der Waals surface area contributed by atoms with Crippen LogP contribution >= 0.6 is 34.8 Å². The molecule has 3 nitrogen and oxygen atoms in total. The SMILES string of the molecule is Cn1c(=O)oc2cc(C(Cl)c3ccc(Cl)cc3Cl)ccc21. The van der Waals surface area contributed by atoms with Crippen LogP contribution in [0.15, 0.2) is 45.6 Å². The molecular weight excluding hydrogens is 333 g/mol. The number of hydrogen-bond acceptors (Lipinski definition) is 2. The van der Waals surface area contributed by atoms with Crippen LogP contribution in [0.25, 0.3) is 11.1 Å². The first-order valence-corrected chi connectivity index (χ1v) is 7.35. The van der Waals surface area contributed by atoms with E-state index >= 15 is 0 Å². The molecular formula is C15H10Cl3NO2. The summed E-state index contributed by atoms with van der Waals surface area (Å²) in [5.41, 5.74) is 2.76. The zero-order chi connectivity index (χ0) is 15.1. The Kier molecular flexibility index (Phi) is 3.74. The third-order valence-electron chi connectivity index (χ3n) is 3.34. The molecule has 0 aliphatic carbocycles. The number of rotatable bonds is 2. The van der Waals surface area contributed by atoms with Crippen LogP contribution in [-0.4, -0.2) is 4.57 Å². The zero-order valence-corrected chi connectivity index (χ0v) is 13.2. The highest BCUT2D eigenvalue weighted by Crippen LogP contribution is 2.35. The molecule has 0 aliphatic rings. The minimum atomic E-state index is -0.454. The lowest BCUT2D eigenvalue weighted by Gasteiger charge is -2.12.